The van der Waals surface area contributed by atoms with Crippen molar-refractivity contribution < 1.29 is 19.0 Å². The Kier molecular flexibility index (Phi) is 6.97. The molecule has 0 saturated carbocycles. The standard InChI is InChI=1S/C28H28N2O4/c1-18-13-22(20(3)30-33-17-21-9-7-6-8-10-21)26(14-19(18)2)34-25-11-12-29-24-16-28(32-5)27(31-4)15-23(24)25/h6-16H,17H2,1-5H3/b30-20+. The molecule has 0 aliphatic carbocycles. The summed E-state index contributed by atoms with van der Waals surface area (Å²) in [5.41, 5.74) is 5.66. The molecule has 4 aromatic rings. The summed E-state index contributed by atoms with van der Waals surface area (Å²) in [6.45, 7) is 6.44. The highest BCUT2D eigenvalue weighted by atomic mass is 16.6. The van der Waals surface area contributed by atoms with Gasteiger partial charge < -0.3 is 19.0 Å². The summed E-state index contributed by atoms with van der Waals surface area (Å²) in [4.78, 5) is 10.1. The van der Waals surface area contributed by atoms with Crippen LogP contribution in [0.25, 0.3) is 10.9 Å². The summed E-state index contributed by atoms with van der Waals surface area (Å²) in [5, 5.41) is 5.18. The zero-order valence-electron chi connectivity index (χ0n) is 20.1. The van der Waals surface area contributed by atoms with Gasteiger partial charge in [0.1, 0.15) is 18.1 Å². The zero-order valence-corrected chi connectivity index (χ0v) is 20.1. The Morgan fingerprint density at radius 3 is 2.26 bits per heavy atom. The largest absolute Gasteiger partial charge is 0.493 e. The fourth-order valence-electron chi connectivity index (χ4n) is 3.64. The topological polar surface area (TPSA) is 62.2 Å². The third-order valence-electron chi connectivity index (χ3n) is 5.69. The number of oxime groups is 1. The van der Waals surface area contributed by atoms with Crippen molar-refractivity contribution in [3.05, 3.63) is 89.1 Å². The summed E-state index contributed by atoms with van der Waals surface area (Å²) >= 11 is 0. The highest BCUT2D eigenvalue weighted by Gasteiger charge is 2.15. The van der Waals surface area contributed by atoms with E-state index in [9.17, 15) is 0 Å². The SMILES string of the molecule is COc1cc2nccc(Oc3cc(C)c(C)cc3/C(C)=N/OCc3ccccc3)c2cc1OC. The summed E-state index contributed by atoms with van der Waals surface area (Å²) in [5.74, 6) is 2.58. The summed E-state index contributed by atoms with van der Waals surface area (Å²) in [6, 6.07) is 19.6. The van der Waals surface area contributed by atoms with Crippen LogP contribution in [0.1, 0.15) is 29.2 Å². The molecule has 0 radical (unpaired) electrons. The molecule has 3 aromatic carbocycles. The summed E-state index contributed by atoms with van der Waals surface area (Å²) in [6.07, 6.45) is 1.72. The third-order valence-corrected chi connectivity index (χ3v) is 5.69. The van der Waals surface area contributed by atoms with Crippen LogP contribution in [0.3, 0.4) is 0 Å². The molecule has 34 heavy (non-hydrogen) atoms. The summed E-state index contributed by atoms with van der Waals surface area (Å²) < 4.78 is 17.3. The first-order chi connectivity index (χ1) is 16.5. The second-order valence-electron chi connectivity index (χ2n) is 8.00. The van der Waals surface area contributed by atoms with E-state index < -0.39 is 0 Å². The van der Waals surface area contributed by atoms with Crippen LogP contribution in [0.2, 0.25) is 0 Å². The lowest BCUT2D eigenvalue weighted by molar-refractivity contribution is 0.130. The molecule has 1 aromatic heterocycles. The van der Waals surface area contributed by atoms with Crippen molar-refractivity contribution in [1.82, 2.24) is 4.98 Å². The van der Waals surface area contributed by atoms with Gasteiger partial charge in [-0.2, -0.15) is 0 Å². The minimum atomic E-state index is 0.399. The smallest absolute Gasteiger partial charge is 0.162 e. The van der Waals surface area contributed by atoms with E-state index in [1.165, 1.54) is 0 Å². The molecule has 0 atom stereocenters. The van der Waals surface area contributed by atoms with Crippen LogP contribution in [0, 0.1) is 13.8 Å². The minimum absolute atomic E-state index is 0.399. The fraction of sp³-hybridized carbons (Fsp3) is 0.214. The number of benzene rings is 3. The molecule has 1 heterocycles. The van der Waals surface area contributed by atoms with Crippen molar-refractivity contribution in [2.75, 3.05) is 14.2 Å². The van der Waals surface area contributed by atoms with Crippen LogP contribution in [-0.4, -0.2) is 24.9 Å². The van der Waals surface area contributed by atoms with Crippen molar-refractivity contribution in [2.45, 2.75) is 27.4 Å². The number of pyridine rings is 1. The van der Waals surface area contributed by atoms with E-state index in [0.29, 0.717) is 29.6 Å². The number of rotatable bonds is 8. The van der Waals surface area contributed by atoms with Gasteiger partial charge in [-0.15, -0.1) is 0 Å². The third kappa shape index (κ3) is 4.96. The molecule has 0 aliphatic rings. The molecule has 0 unspecified atom stereocenters. The highest BCUT2D eigenvalue weighted by Crippen LogP contribution is 2.38. The molecule has 0 saturated heterocycles. The number of fused-ring (bicyclic) bond motifs is 1. The molecule has 4 rings (SSSR count). The fourth-order valence-corrected chi connectivity index (χ4v) is 3.64. The van der Waals surface area contributed by atoms with E-state index in [1.807, 2.05) is 61.5 Å². The molecule has 0 aliphatic heterocycles. The average Bonchev–Trinajstić information content (AvgIpc) is 2.86. The van der Waals surface area contributed by atoms with Gasteiger partial charge in [0.15, 0.2) is 11.5 Å². The second kappa shape index (κ2) is 10.3. The van der Waals surface area contributed by atoms with Gasteiger partial charge in [0.25, 0.3) is 0 Å². The van der Waals surface area contributed by atoms with Crippen LogP contribution < -0.4 is 14.2 Å². The number of ether oxygens (including phenoxy) is 3. The molecule has 6 nitrogen and oxygen atoms in total. The Morgan fingerprint density at radius 1 is 0.824 bits per heavy atom. The van der Waals surface area contributed by atoms with Gasteiger partial charge in [0.05, 0.1) is 25.4 Å². The minimum Gasteiger partial charge on any atom is -0.493 e. The number of aryl methyl sites for hydroxylation is 2. The Morgan fingerprint density at radius 2 is 1.53 bits per heavy atom. The first kappa shape index (κ1) is 23.1. The highest BCUT2D eigenvalue weighted by molar-refractivity contribution is 6.01. The van der Waals surface area contributed by atoms with Gasteiger partial charge in [0.2, 0.25) is 0 Å². The first-order valence-electron chi connectivity index (χ1n) is 11.0. The molecule has 6 heteroatoms. The van der Waals surface area contributed by atoms with Gasteiger partial charge in [-0.1, -0.05) is 35.5 Å². The molecular weight excluding hydrogens is 428 g/mol. The van der Waals surface area contributed by atoms with Crippen molar-refractivity contribution in [3.63, 3.8) is 0 Å². The Labute approximate surface area is 199 Å². The lowest BCUT2D eigenvalue weighted by Gasteiger charge is -2.16. The zero-order chi connectivity index (χ0) is 24.1. The molecular formula is C28H28N2O4. The van der Waals surface area contributed by atoms with E-state index in [4.69, 9.17) is 19.0 Å². The lowest BCUT2D eigenvalue weighted by atomic mass is 10.0. The van der Waals surface area contributed by atoms with E-state index in [2.05, 4.69) is 30.1 Å². The van der Waals surface area contributed by atoms with Crippen LogP contribution >= 0.6 is 0 Å². The maximum atomic E-state index is 6.44. The second-order valence-corrected chi connectivity index (χ2v) is 8.00. The van der Waals surface area contributed by atoms with E-state index >= 15 is 0 Å². The molecule has 0 bridgehead atoms. The number of nitrogens with zero attached hydrogens (tertiary/aromatic N) is 2. The van der Waals surface area contributed by atoms with Gasteiger partial charge in [0, 0.05) is 23.2 Å². The van der Waals surface area contributed by atoms with E-state index in [-0.39, 0.29) is 0 Å². The maximum absolute atomic E-state index is 6.44. The van der Waals surface area contributed by atoms with E-state index in [0.717, 1.165) is 38.9 Å². The van der Waals surface area contributed by atoms with Crippen LogP contribution in [0.5, 0.6) is 23.0 Å². The monoisotopic (exact) mass is 456 g/mol. The number of hydrogen-bond donors (Lipinski definition) is 0. The van der Waals surface area contributed by atoms with Crippen molar-refractivity contribution in [2.24, 2.45) is 5.16 Å². The van der Waals surface area contributed by atoms with Crippen molar-refractivity contribution in [1.29, 1.82) is 0 Å². The lowest BCUT2D eigenvalue weighted by Crippen LogP contribution is -2.03. The number of hydrogen-bond acceptors (Lipinski definition) is 6. The molecule has 174 valence electrons. The van der Waals surface area contributed by atoms with Crippen molar-refractivity contribution >= 4 is 16.6 Å². The molecule has 0 fully saturated rings. The Hall–Kier alpha value is -4.06. The predicted molar refractivity (Wildman–Crippen MR) is 134 cm³/mol. The molecule has 0 amide bonds. The molecule has 0 spiro atoms. The first-order valence-corrected chi connectivity index (χ1v) is 11.0. The number of aromatic nitrogens is 1. The number of methoxy groups -OCH3 is 2. The average molecular weight is 457 g/mol. The van der Waals surface area contributed by atoms with Gasteiger partial charge >= 0.3 is 0 Å². The van der Waals surface area contributed by atoms with Crippen LogP contribution in [0.15, 0.2) is 72.0 Å². The van der Waals surface area contributed by atoms with Crippen molar-refractivity contribution in [3.8, 4) is 23.0 Å². The maximum Gasteiger partial charge on any atom is 0.162 e. The predicted octanol–water partition coefficient (Wildman–Crippen LogP) is 6.60. The normalized spacial score (nSPS) is 11.4. The van der Waals surface area contributed by atoms with Crippen LogP contribution in [-0.2, 0) is 11.4 Å². The molecule has 0 N–H and O–H groups in total. The Bertz CT molecular complexity index is 1330. The van der Waals surface area contributed by atoms with Gasteiger partial charge in [-0.05, 0) is 61.7 Å². The van der Waals surface area contributed by atoms with Crippen LogP contribution in [0.4, 0.5) is 0 Å². The quantitative estimate of drug-likeness (QED) is 0.221. The van der Waals surface area contributed by atoms with Gasteiger partial charge in [-0.3, -0.25) is 4.98 Å². The summed E-state index contributed by atoms with van der Waals surface area (Å²) in [7, 11) is 3.21. The Balaban J connectivity index is 1.69. The van der Waals surface area contributed by atoms with Gasteiger partial charge in [-0.25, -0.2) is 0 Å². The van der Waals surface area contributed by atoms with E-state index in [1.54, 1.807) is 20.4 Å².